The topological polar surface area (TPSA) is 32.0 Å². The van der Waals surface area contributed by atoms with Crippen molar-refractivity contribution in [1.29, 1.82) is 0 Å². The fraction of sp³-hybridized carbons (Fsp3) is 0.333. The van der Waals surface area contributed by atoms with Crippen LogP contribution in [0.4, 0.5) is 13.2 Å². The first-order chi connectivity index (χ1) is 9.38. The molecular weight excluding hydrogens is 291 g/mol. The van der Waals surface area contributed by atoms with Gasteiger partial charge in [0.1, 0.15) is 5.75 Å². The molecule has 0 saturated carbocycles. The fourth-order valence-corrected chi connectivity index (χ4v) is 2.43. The zero-order valence-electron chi connectivity index (χ0n) is 10.4. The summed E-state index contributed by atoms with van der Waals surface area (Å²) in [6.07, 6.45) is -3.89. The molecule has 0 atom stereocenters. The predicted molar refractivity (Wildman–Crippen MR) is 67.6 cm³/mol. The molecule has 1 aromatic heterocycles. The van der Waals surface area contributed by atoms with Gasteiger partial charge >= 0.3 is 6.18 Å². The molecular formula is C12H10F3N3OS. The Morgan fingerprint density at radius 1 is 1.35 bits per heavy atom. The van der Waals surface area contributed by atoms with Crippen molar-refractivity contribution in [2.24, 2.45) is 7.05 Å². The minimum atomic E-state index is -4.57. The molecule has 2 heterocycles. The molecule has 0 radical (unpaired) electrons. The lowest BCUT2D eigenvalue weighted by atomic mass is 10.1. The number of hydrogen-bond donors (Lipinski definition) is 0. The highest BCUT2D eigenvalue weighted by Crippen LogP contribution is 2.32. The Morgan fingerprint density at radius 2 is 2.10 bits per heavy atom. The second-order valence-electron chi connectivity index (χ2n) is 4.45. The van der Waals surface area contributed by atoms with Gasteiger partial charge in [0.15, 0.2) is 0 Å². The summed E-state index contributed by atoms with van der Waals surface area (Å²) in [6.45, 7) is 0.545. The minimum Gasteiger partial charge on any atom is -0.493 e. The Morgan fingerprint density at radius 3 is 2.80 bits per heavy atom. The molecule has 0 spiro atoms. The molecule has 0 aliphatic carbocycles. The van der Waals surface area contributed by atoms with Gasteiger partial charge in [-0.05, 0) is 36.0 Å². The van der Waals surface area contributed by atoms with Crippen molar-refractivity contribution in [1.82, 2.24) is 14.3 Å². The summed E-state index contributed by atoms with van der Waals surface area (Å²) in [4.78, 5) is 0. The van der Waals surface area contributed by atoms with Crippen molar-refractivity contribution >= 4 is 12.2 Å². The van der Waals surface area contributed by atoms with E-state index in [1.165, 1.54) is 7.05 Å². The zero-order valence-corrected chi connectivity index (χ0v) is 11.3. The maximum Gasteiger partial charge on any atom is 0.452 e. The normalized spacial score (nSPS) is 14.2. The predicted octanol–water partition coefficient (Wildman–Crippen LogP) is 2.89. The highest BCUT2D eigenvalue weighted by molar-refractivity contribution is 7.71. The molecule has 2 aromatic rings. The molecule has 1 aliphatic rings. The molecule has 0 saturated heterocycles. The largest absolute Gasteiger partial charge is 0.493 e. The number of aryl methyl sites for hydroxylation is 1. The molecule has 0 amide bonds. The van der Waals surface area contributed by atoms with Crippen molar-refractivity contribution in [3.8, 4) is 11.4 Å². The fourth-order valence-electron chi connectivity index (χ4n) is 2.19. The monoisotopic (exact) mass is 301 g/mol. The van der Waals surface area contributed by atoms with Crippen LogP contribution in [-0.4, -0.2) is 21.0 Å². The Hall–Kier alpha value is -1.83. The Bertz CT molecular complexity index is 733. The van der Waals surface area contributed by atoms with Gasteiger partial charge < -0.3 is 4.74 Å². The second-order valence-corrected chi connectivity index (χ2v) is 4.82. The van der Waals surface area contributed by atoms with Crippen molar-refractivity contribution in [3.63, 3.8) is 0 Å². The smallest absolute Gasteiger partial charge is 0.452 e. The molecule has 20 heavy (non-hydrogen) atoms. The van der Waals surface area contributed by atoms with Gasteiger partial charge in [0, 0.05) is 13.5 Å². The number of nitrogens with zero attached hydrogens (tertiary/aromatic N) is 3. The number of benzene rings is 1. The number of halogens is 3. The van der Waals surface area contributed by atoms with Crippen molar-refractivity contribution < 1.29 is 17.9 Å². The van der Waals surface area contributed by atoms with Crippen LogP contribution < -0.4 is 4.74 Å². The number of rotatable bonds is 1. The highest BCUT2D eigenvalue weighted by atomic mass is 32.1. The van der Waals surface area contributed by atoms with E-state index in [-0.39, 0.29) is 4.77 Å². The third-order valence-corrected chi connectivity index (χ3v) is 3.56. The molecule has 0 unspecified atom stereocenters. The van der Waals surface area contributed by atoms with E-state index >= 15 is 0 Å². The van der Waals surface area contributed by atoms with Crippen LogP contribution in [0.15, 0.2) is 18.2 Å². The summed E-state index contributed by atoms with van der Waals surface area (Å²) in [5, 5.41) is 3.47. The van der Waals surface area contributed by atoms with Crippen LogP contribution in [0.1, 0.15) is 11.4 Å². The van der Waals surface area contributed by atoms with Crippen LogP contribution >= 0.6 is 12.2 Å². The van der Waals surface area contributed by atoms with Gasteiger partial charge in [-0.2, -0.15) is 13.2 Å². The van der Waals surface area contributed by atoms with Crippen LogP contribution in [0.5, 0.6) is 5.75 Å². The van der Waals surface area contributed by atoms with Crippen molar-refractivity contribution in [2.75, 3.05) is 6.61 Å². The molecule has 0 fully saturated rings. The van der Waals surface area contributed by atoms with E-state index in [9.17, 15) is 13.2 Å². The van der Waals surface area contributed by atoms with Gasteiger partial charge in [0.05, 0.1) is 12.3 Å². The summed E-state index contributed by atoms with van der Waals surface area (Å²) in [6, 6.07) is 4.87. The van der Waals surface area contributed by atoms with Crippen LogP contribution in [-0.2, 0) is 19.6 Å². The zero-order chi connectivity index (χ0) is 14.5. The maximum absolute atomic E-state index is 13.0. The maximum atomic E-state index is 13.0. The first-order valence-corrected chi connectivity index (χ1v) is 6.28. The highest BCUT2D eigenvalue weighted by Gasteiger charge is 2.38. The van der Waals surface area contributed by atoms with E-state index in [0.29, 0.717) is 24.5 Å². The van der Waals surface area contributed by atoms with Crippen molar-refractivity contribution in [2.45, 2.75) is 12.6 Å². The summed E-state index contributed by atoms with van der Waals surface area (Å²) in [7, 11) is 1.39. The Balaban J connectivity index is 2.22. The lowest BCUT2D eigenvalue weighted by Gasteiger charge is -2.10. The van der Waals surface area contributed by atoms with Gasteiger partial charge in [-0.1, -0.05) is 0 Å². The van der Waals surface area contributed by atoms with E-state index in [4.69, 9.17) is 17.0 Å². The van der Waals surface area contributed by atoms with E-state index in [0.717, 1.165) is 14.8 Å². The van der Waals surface area contributed by atoms with Crippen LogP contribution in [0.3, 0.4) is 0 Å². The van der Waals surface area contributed by atoms with E-state index < -0.39 is 12.0 Å². The van der Waals surface area contributed by atoms with Gasteiger partial charge in [-0.15, -0.1) is 5.10 Å². The number of ether oxygens (including phenoxy) is 1. The molecule has 8 heteroatoms. The number of fused-ring (bicyclic) bond motifs is 1. The molecule has 1 aromatic carbocycles. The number of hydrogen-bond acceptors (Lipinski definition) is 3. The van der Waals surface area contributed by atoms with Crippen LogP contribution in [0.25, 0.3) is 5.69 Å². The van der Waals surface area contributed by atoms with E-state index in [1.807, 2.05) is 0 Å². The lowest BCUT2D eigenvalue weighted by molar-refractivity contribution is -0.146. The molecule has 0 bridgehead atoms. The summed E-state index contributed by atoms with van der Waals surface area (Å²) in [5.41, 5.74) is 1.22. The standard InChI is InChI=1S/C12H10F3N3OS/c1-17-11(20)18(10(16-17)12(13,14)15)8-2-3-9-7(6-8)4-5-19-9/h2-3,6H,4-5H2,1H3. The van der Waals surface area contributed by atoms with Gasteiger partial charge in [-0.25, -0.2) is 4.68 Å². The summed E-state index contributed by atoms with van der Waals surface area (Å²) >= 11 is 5.03. The Kier molecular flexibility index (Phi) is 2.86. The lowest BCUT2D eigenvalue weighted by Crippen LogP contribution is -2.14. The first kappa shape index (κ1) is 13.2. The SMILES string of the molecule is Cn1nc(C(F)(F)F)n(-c2ccc3c(c2)CCO3)c1=S. The van der Waals surface area contributed by atoms with Gasteiger partial charge in [0.25, 0.3) is 0 Å². The van der Waals surface area contributed by atoms with Crippen LogP contribution in [0.2, 0.25) is 0 Å². The minimum absolute atomic E-state index is 0.00353. The molecule has 106 valence electrons. The second kappa shape index (κ2) is 4.34. The third-order valence-electron chi connectivity index (χ3n) is 3.11. The average molecular weight is 301 g/mol. The third kappa shape index (κ3) is 2.00. The number of aromatic nitrogens is 3. The van der Waals surface area contributed by atoms with Crippen molar-refractivity contribution in [3.05, 3.63) is 34.4 Å². The molecule has 1 aliphatic heterocycles. The summed E-state index contributed by atoms with van der Waals surface area (Å²) < 4.78 is 46.4. The summed E-state index contributed by atoms with van der Waals surface area (Å²) in [5.74, 6) is -0.318. The Labute approximate surface area is 117 Å². The number of alkyl halides is 3. The molecule has 4 nitrogen and oxygen atoms in total. The molecule has 0 N–H and O–H groups in total. The quantitative estimate of drug-likeness (QED) is 0.759. The average Bonchev–Trinajstić information content (AvgIpc) is 2.94. The van der Waals surface area contributed by atoms with E-state index in [2.05, 4.69) is 5.10 Å². The van der Waals surface area contributed by atoms with Crippen LogP contribution in [0, 0.1) is 4.77 Å². The van der Waals surface area contributed by atoms with Gasteiger partial charge in [0.2, 0.25) is 10.6 Å². The van der Waals surface area contributed by atoms with Gasteiger partial charge in [-0.3, -0.25) is 4.57 Å². The first-order valence-electron chi connectivity index (χ1n) is 5.87. The van der Waals surface area contributed by atoms with E-state index in [1.54, 1.807) is 18.2 Å². The molecule has 3 rings (SSSR count).